The van der Waals surface area contributed by atoms with E-state index in [4.69, 9.17) is 14.2 Å². The maximum atomic E-state index is 10.6. The molecule has 0 aliphatic carbocycles. The van der Waals surface area contributed by atoms with Crippen LogP contribution in [0.4, 0.5) is 0 Å². The van der Waals surface area contributed by atoms with Crippen LogP contribution in [0.15, 0.2) is 0 Å². The summed E-state index contributed by atoms with van der Waals surface area (Å²) in [5, 5.41) is 0. The predicted molar refractivity (Wildman–Crippen MR) is 58.5 cm³/mol. The first-order chi connectivity index (χ1) is 7.39. The fourth-order valence-corrected chi connectivity index (χ4v) is 1.40. The predicted octanol–water partition coefficient (Wildman–Crippen LogP) is 1.48. The zero-order chi connectivity index (χ0) is 12.2. The molecule has 90 valence electrons. The summed E-state index contributed by atoms with van der Waals surface area (Å²) in [5.74, 6) is 5.07. The van der Waals surface area contributed by atoms with Crippen molar-refractivity contribution in [2.75, 3.05) is 6.61 Å². The highest BCUT2D eigenvalue weighted by Crippen LogP contribution is 2.21. The van der Waals surface area contributed by atoms with Crippen molar-refractivity contribution in [1.82, 2.24) is 0 Å². The number of hydrogen-bond donors (Lipinski definition) is 0. The molecular formula is C12H18O4. The number of esters is 1. The van der Waals surface area contributed by atoms with Crippen LogP contribution in [-0.2, 0) is 19.0 Å². The van der Waals surface area contributed by atoms with E-state index >= 15 is 0 Å². The second-order valence-electron chi connectivity index (χ2n) is 4.26. The van der Waals surface area contributed by atoms with E-state index in [-0.39, 0.29) is 18.2 Å². The molecule has 0 spiro atoms. The molecule has 0 aromatic carbocycles. The highest BCUT2D eigenvalue weighted by molar-refractivity contribution is 5.66. The van der Waals surface area contributed by atoms with E-state index in [1.807, 2.05) is 20.8 Å². The molecule has 0 aromatic heterocycles. The third-order valence-corrected chi connectivity index (χ3v) is 2.03. The van der Waals surface area contributed by atoms with E-state index in [2.05, 4.69) is 11.8 Å². The topological polar surface area (TPSA) is 44.8 Å². The van der Waals surface area contributed by atoms with Crippen molar-refractivity contribution < 1.29 is 19.0 Å². The van der Waals surface area contributed by atoms with Gasteiger partial charge in [-0.1, -0.05) is 11.8 Å². The minimum Gasteiger partial charge on any atom is -0.462 e. The highest BCUT2D eigenvalue weighted by atomic mass is 16.7. The molecule has 0 saturated carbocycles. The Kier molecular flexibility index (Phi) is 4.34. The van der Waals surface area contributed by atoms with Gasteiger partial charge in [-0.2, -0.15) is 0 Å². The molecule has 1 rings (SSSR count). The molecule has 1 aliphatic rings. The van der Waals surface area contributed by atoms with Gasteiger partial charge in [0.25, 0.3) is 0 Å². The molecule has 1 fully saturated rings. The van der Waals surface area contributed by atoms with Crippen LogP contribution < -0.4 is 0 Å². The first-order valence-corrected chi connectivity index (χ1v) is 5.36. The third kappa shape index (κ3) is 4.65. The zero-order valence-corrected chi connectivity index (χ0v) is 10.2. The lowest BCUT2D eigenvalue weighted by atomic mass is 10.2. The van der Waals surface area contributed by atoms with Crippen LogP contribution in [0, 0.1) is 11.8 Å². The van der Waals surface area contributed by atoms with Gasteiger partial charge in [-0.05, 0) is 20.8 Å². The van der Waals surface area contributed by atoms with Gasteiger partial charge in [-0.25, -0.2) is 0 Å². The van der Waals surface area contributed by atoms with Crippen molar-refractivity contribution >= 4 is 5.97 Å². The molecule has 0 aromatic rings. The molecule has 1 unspecified atom stereocenters. The molecule has 4 heteroatoms. The Morgan fingerprint density at radius 2 is 2.31 bits per heavy atom. The van der Waals surface area contributed by atoms with Crippen molar-refractivity contribution in [2.45, 2.75) is 52.1 Å². The quantitative estimate of drug-likeness (QED) is 0.528. The van der Waals surface area contributed by atoms with E-state index in [0.29, 0.717) is 13.0 Å². The van der Waals surface area contributed by atoms with Crippen LogP contribution in [0.2, 0.25) is 0 Å². The SMILES string of the molecule is CC(=O)OC(C)CC#C[C@H]1COC(C)(C)O1. The van der Waals surface area contributed by atoms with E-state index in [0.717, 1.165) is 0 Å². The molecule has 0 radical (unpaired) electrons. The maximum Gasteiger partial charge on any atom is 0.302 e. The first kappa shape index (κ1) is 13.0. The van der Waals surface area contributed by atoms with E-state index in [1.54, 1.807) is 0 Å². The summed E-state index contributed by atoms with van der Waals surface area (Å²) < 4.78 is 15.8. The lowest BCUT2D eigenvalue weighted by molar-refractivity contribution is -0.145. The number of carbonyl (C=O) groups is 1. The first-order valence-electron chi connectivity index (χ1n) is 5.36. The summed E-state index contributed by atoms with van der Waals surface area (Å²) >= 11 is 0. The lowest BCUT2D eigenvalue weighted by Gasteiger charge is -2.14. The average Bonchev–Trinajstić information content (AvgIpc) is 2.44. The van der Waals surface area contributed by atoms with Crippen LogP contribution in [0.25, 0.3) is 0 Å². The third-order valence-electron chi connectivity index (χ3n) is 2.03. The molecule has 1 heterocycles. The second-order valence-corrected chi connectivity index (χ2v) is 4.26. The Labute approximate surface area is 96.2 Å². The molecule has 16 heavy (non-hydrogen) atoms. The fourth-order valence-electron chi connectivity index (χ4n) is 1.40. The summed E-state index contributed by atoms with van der Waals surface area (Å²) in [4.78, 5) is 10.6. The lowest BCUT2D eigenvalue weighted by Crippen LogP contribution is -2.20. The van der Waals surface area contributed by atoms with Gasteiger partial charge in [0.1, 0.15) is 12.2 Å². The normalized spacial score (nSPS) is 24.4. The summed E-state index contributed by atoms with van der Waals surface area (Å²) in [6, 6.07) is 0. The summed E-state index contributed by atoms with van der Waals surface area (Å²) in [5.41, 5.74) is 0. The monoisotopic (exact) mass is 226 g/mol. The van der Waals surface area contributed by atoms with Crippen LogP contribution in [0.5, 0.6) is 0 Å². The van der Waals surface area contributed by atoms with Crippen LogP contribution in [0.3, 0.4) is 0 Å². The van der Waals surface area contributed by atoms with Crippen molar-refractivity contribution in [3.8, 4) is 11.8 Å². The van der Waals surface area contributed by atoms with Gasteiger partial charge < -0.3 is 14.2 Å². The van der Waals surface area contributed by atoms with Crippen molar-refractivity contribution in [2.24, 2.45) is 0 Å². The molecule has 1 aliphatic heterocycles. The van der Waals surface area contributed by atoms with Crippen LogP contribution >= 0.6 is 0 Å². The molecule has 0 amide bonds. The number of ether oxygens (including phenoxy) is 3. The number of hydrogen-bond acceptors (Lipinski definition) is 4. The summed E-state index contributed by atoms with van der Waals surface area (Å²) in [7, 11) is 0. The molecular weight excluding hydrogens is 208 g/mol. The number of carbonyl (C=O) groups excluding carboxylic acids is 1. The standard InChI is InChI=1S/C12H18O4/c1-9(15-10(2)13)6-5-7-11-8-14-12(3,4)16-11/h9,11H,6,8H2,1-4H3/t9?,11-/m0/s1. The average molecular weight is 226 g/mol. The van der Waals surface area contributed by atoms with Gasteiger partial charge in [-0.15, -0.1) is 0 Å². The minimum absolute atomic E-state index is 0.180. The Hall–Kier alpha value is -1.05. The van der Waals surface area contributed by atoms with Gasteiger partial charge in [0, 0.05) is 13.3 Å². The van der Waals surface area contributed by atoms with Gasteiger partial charge >= 0.3 is 5.97 Å². The molecule has 4 nitrogen and oxygen atoms in total. The van der Waals surface area contributed by atoms with Crippen molar-refractivity contribution in [3.05, 3.63) is 0 Å². The Morgan fingerprint density at radius 1 is 1.62 bits per heavy atom. The van der Waals surface area contributed by atoms with Crippen LogP contribution in [-0.4, -0.2) is 30.6 Å². The Balaban J connectivity index is 2.30. The van der Waals surface area contributed by atoms with Crippen molar-refractivity contribution in [1.29, 1.82) is 0 Å². The zero-order valence-electron chi connectivity index (χ0n) is 10.2. The fraction of sp³-hybridized carbons (Fsp3) is 0.750. The Morgan fingerprint density at radius 3 is 2.81 bits per heavy atom. The minimum atomic E-state index is -0.541. The van der Waals surface area contributed by atoms with Gasteiger partial charge in [0.15, 0.2) is 5.79 Å². The van der Waals surface area contributed by atoms with Gasteiger partial charge in [0.05, 0.1) is 6.61 Å². The van der Waals surface area contributed by atoms with E-state index in [1.165, 1.54) is 6.92 Å². The van der Waals surface area contributed by atoms with Crippen molar-refractivity contribution in [3.63, 3.8) is 0 Å². The second kappa shape index (κ2) is 5.33. The van der Waals surface area contributed by atoms with E-state index < -0.39 is 5.79 Å². The summed E-state index contributed by atoms with van der Waals surface area (Å²) in [6.45, 7) is 7.40. The largest absolute Gasteiger partial charge is 0.462 e. The molecule has 1 saturated heterocycles. The maximum absolute atomic E-state index is 10.6. The van der Waals surface area contributed by atoms with Crippen LogP contribution in [0.1, 0.15) is 34.1 Å². The van der Waals surface area contributed by atoms with Gasteiger partial charge in [0.2, 0.25) is 0 Å². The Bertz CT molecular complexity index is 311. The smallest absolute Gasteiger partial charge is 0.302 e. The molecule has 0 N–H and O–H groups in total. The van der Waals surface area contributed by atoms with Gasteiger partial charge in [-0.3, -0.25) is 4.79 Å². The molecule has 2 atom stereocenters. The number of rotatable bonds is 2. The molecule has 0 bridgehead atoms. The van der Waals surface area contributed by atoms with E-state index in [9.17, 15) is 4.79 Å². The summed E-state index contributed by atoms with van der Waals surface area (Å²) in [6.07, 6.45) is 0.153. The highest BCUT2D eigenvalue weighted by Gasteiger charge is 2.31.